The van der Waals surface area contributed by atoms with Gasteiger partial charge in [-0.2, -0.15) is 5.10 Å². The summed E-state index contributed by atoms with van der Waals surface area (Å²) >= 11 is 7.34. The second kappa shape index (κ2) is 5.84. The number of nitrogens with zero attached hydrogens (tertiary/aromatic N) is 1. The molecule has 2 aromatic rings. The van der Waals surface area contributed by atoms with E-state index in [1.54, 1.807) is 19.2 Å². The molecule has 0 bridgehead atoms. The van der Waals surface area contributed by atoms with Crippen molar-refractivity contribution in [2.75, 3.05) is 6.61 Å². The topological polar surface area (TPSA) is 55.0 Å². The largest absolute Gasteiger partial charge is 0.463 e. The third-order valence-electron chi connectivity index (χ3n) is 2.17. The molecule has 94 valence electrons. The summed E-state index contributed by atoms with van der Waals surface area (Å²) in [4.78, 5) is 12.2. The number of nitrogens with one attached hydrogen (secondary N) is 1. The van der Waals surface area contributed by atoms with Gasteiger partial charge in [0.2, 0.25) is 0 Å². The van der Waals surface area contributed by atoms with Gasteiger partial charge in [-0.1, -0.05) is 11.6 Å². The minimum absolute atomic E-state index is 0.363. The van der Waals surface area contributed by atoms with Crippen LogP contribution in [-0.4, -0.2) is 22.8 Å². The van der Waals surface area contributed by atoms with Gasteiger partial charge in [-0.15, -0.1) is 11.3 Å². The maximum absolute atomic E-state index is 11.2. The molecule has 0 amide bonds. The Bertz CT molecular complexity index is 574. The zero-order chi connectivity index (χ0) is 13.0. The first-order valence-corrected chi connectivity index (χ1v) is 6.54. The number of carbonyl (C=O) groups is 1. The zero-order valence-electron chi connectivity index (χ0n) is 9.64. The number of thiophene rings is 1. The van der Waals surface area contributed by atoms with Gasteiger partial charge in [-0.05, 0) is 25.1 Å². The van der Waals surface area contributed by atoms with Crippen LogP contribution in [0.5, 0.6) is 0 Å². The van der Waals surface area contributed by atoms with Crippen LogP contribution >= 0.6 is 22.9 Å². The number of aromatic nitrogens is 2. The second-order valence-electron chi connectivity index (χ2n) is 3.39. The van der Waals surface area contributed by atoms with E-state index in [2.05, 4.69) is 10.2 Å². The Balaban J connectivity index is 2.20. The monoisotopic (exact) mass is 282 g/mol. The Kier molecular flexibility index (Phi) is 4.17. The van der Waals surface area contributed by atoms with Crippen molar-refractivity contribution in [1.29, 1.82) is 0 Å². The van der Waals surface area contributed by atoms with Crippen molar-refractivity contribution in [3.05, 3.63) is 34.3 Å². The number of carbonyl (C=O) groups excluding carboxylic acids is 1. The minimum Gasteiger partial charge on any atom is -0.463 e. The molecule has 0 aromatic carbocycles. The molecule has 0 saturated heterocycles. The van der Waals surface area contributed by atoms with E-state index >= 15 is 0 Å². The minimum atomic E-state index is -0.367. The third kappa shape index (κ3) is 3.00. The van der Waals surface area contributed by atoms with E-state index in [0.29, 0.717) is 10.9 Å². The van der Waals surface area contributed by atoms with Gasteiger partial charge in [0.25, 0.3) is 0 Å². The summed E-state index contributed by atoms with van der Waals surface area (Å²) in [6.45, 7) is 2.13. The Morgan fingerprint density at radius 1 is 1.61 bits per heavy atom. The van der Waals surface area contributed by atoms with Crippen molar-refractivity contribution in [3.8, 4) is 10.6 Å². The molecule has 18 heavy (non-hydrogen) atoms. The lowest BCUT2D eigenvalue weighted by Crippen LogP contribution is -1.98. The molecule has 2 heterocycles. The number of hydrogen-bond acceptors (Lipinski definition) is 4. The number of hydrogen-bond donors (Lipinski definition) is 1. The SMILES string of the molecule is CCOC(=O)C=Cc1cn[nH]c1-c1ccc(Cl)s1. The van der Waals surface area contributed by atoms with Crippen LogP contribution in [0.3, 0.4) is 0 Å². The van der Waals surface area contributed by atoms with E-state index < -0.39 is 0 Å². The molecule has 0 spiro atoms. The summed E-state index contributed by atoms with van der Waals surface area (Å²) in [5.41, 5.74) is 1.66. The van der Waals surface area contributed by atoms with Gasteiger partial charge >= 0.3 is 5.97 Å². The fraction of sp³-hybridized carbons (Fsp3) is 0.167. The van der Waals surface area contributed by atoms with Gasteiger partial charge < -0.3 is 4.74 Å². The van der Waals surface area contributed by atoms with Crippen LogP contribution in [0.4, 0.5) is 0 Å². The summed E-state index contributed by atoms with van der Waals surface area (Å²) < 4.78 is 5.52. The van der Waals surface area contributed by atoms with Gasteiger partial charge in [0.15, 0.2) is 0 Å². The molecule has 0 aliphatic heterocycles. The number of ether oxygens (including phenoxy) is 1. The highest BCUT2D eigenvalue weighted by molar-refractivity contribution is 7.19. The average molecular weight is 283 g/mol. The van der Waals surface area contributed by atoms with E-state index in [0.717, 1.165) is 16.1 Å². The molecule has 0 atom stereocenters. The first-order chi connectivity index (χ1) is 8.70. The van der Waals surface area contributed by atoms with Gasteiger partial charge in [-0.3, -0.25) is 5.10 Å². The molecule has 0 unspecified atom stereocenters. The number of esters is 1. The molecule has 0 aliphatic carbocycles. The predicted octanol–water partition coefficient (Wildman–Crippen LogP) is 3.37. The quantitative estimate of drug-likeness (QED) is 0.691. The maximum atomic E-state index is 11.2. The molecule has 0 radical (unpaired) electrons. The van der Waals surface area contributed by atoms with Crippen molar-refractivity contribution in [1.82, 2.24) is 10.2 Å². The van der Waals surface area contributed by atoms with Gasteiger partial charge in [0, 0.05) is 11.6 Å². The highest BCUT2D eigenvalue weighted by atomic mass is 35.5. The van der Waals surface area contributed by atoms with Crippen LogP contribution in [0.15, 0.2) is 24.4 Å². The smallest absolute Gasteiger partial charge is 0.330 e. The van der Waals surface area contributed by atoms with E-state index in [-0.39, 0.29) is 5.97 Å². The summed E-state index contributed by atoms with van der Waals surface area (Å²) in [6, 6.07) is 3.73. The van der Waals surface area contributed by atoms with Crippen LogP contribution < -0.4 is 0 Å². The van der Waals surface area contributed by atoms with Crippen LogP contribution in [0.25, 0.3) is 16.6 Å². The normalized spacial score (nSPS) is 11.0. The fourth-order valence-corrected chi connectivity index (χ4v) is 2.48. The van der Waals surface area contributed by atoms with Gasteiger partial charge in [-0.25, -0.2) is 4.79 Å². The molecule has 0 fully saturated rings. The molecule has 6 heteroatoms. The van der Waals surface area contributed by atoms with Crippen LogP contribution in [-0.2, 0) is 9.53 Å². The summed E-state index contributed by atoms with van der Waals surface area (Å²) in [5, 5.41) is 6.86. The molecule has 2 rings (SSSR count). The highest BCUT2D eigenvalue weighted by Crippen LogP contribution is 2.31. The third-order valence-corrected chi connectivity index (χ3v) is 3.42. The van der Waals surface area contributed by atoms with Crippen molar-refractivity contribution in [2.45, 2.75) is 6.92 Å². The average Bonchev–Trinajstić information content (AvgIpc) is 2.95. The van der Waals surface area contributed by atoms with E-state index in [4.69, 9.17) is 16.3 Å². The Hall–Kier alpha value is -1.59. The zero-order valence-corrected chi connectivity index (χ0v) is 11.2. The van der Waals surface area contributed by atoms with Gasteiger partial charge in [0.05, 0.1) is 27.7 Å². The number of aromatic amines is 1. The molecule has 2 aromatic heterocycles. The molecule has 1 N–H and O–H groups in total. The Labute approximate surface area is 113 Å². The second-order valence-corrected chi connectivity index (χ2v) is 5.10. The predicted molar refractivity (Wildman–Crippen MR) is 72.6 cm³/mol. The Morgan fingerprint density at radius 2 is 2.44 bits per heavy atom. The first-order valence-electron chi connectivity index (χ1n) is 5.34. The Morgan fingerprint density at radius 3 is 3.11 bits per heavy atom. The number of halogens is 1. The lowest BCUT2D eigenvalue weighted by Gasteiger charge is -1.96. The van der Waals surface area contributed by atoms with Crippen molar-refractivity contribution >= 4 is 35.0 Å². The molecular formula is C12H11ClN2O2S. The van der Waals surface area contributed by atoms with E-state index in [1.165, 1.54) is 17.4 Å². The summed E-state index contributed by atoms with van der Waals surface area (Å²) in [7, 11) is 0. The summed E-state index contributed by atoms with van der Waals surface area (Å²) in [6.07, 6.45) is 4.70. The van der Waals surface area contributed by atoms with Crippen LogP contribution in [0, 0.1) is 0 Å². The van der Waals surface area contributed by atoms with E-state index in [9.17, 15) is 4.79 Å². The maximum Gasteiger partial charge on any atom is 0.330 e. The van der Waals surface area contributed by atoms with Crippen molar-refractivity contribution < 1.29 is 9.53 Å². The fourth-order valence-electron chi connectivity index (χ4n) is 1.42. The molecule has 0 saturated carbocycles. The number of rotatable bonds is 4. The standard InChI is InChI=1S/C12H11ClN2O2S/c1-2-17-11(16)6-3-8-7-14-15-12(8)9-4-5-10(13)18-9/h3-7H,2H2,1H3,(H,14,15). The summed E-state index contributed by atoms with van der Waals surface area (Å²) in [5.74, 6) is -0.367. The number of H-pyrrole nitrogens is 1. The highest BCUT2D eigenvalue weighted by Gasteiger charge is 2.08. The van der Waals surface area contributed by atoms with Crippen molar-refractivity contribution in [3.63, 3.8) is 0 Å². The lowest BCUT2D eigenvalue weighted by molar-refractivity contribution is -0.137. The first kappa shape index (κ1) is 12.9. The van der Waals surface area contributed by atoms with Crippen molar-refractivity contribution in [2.24, 2.45) is 0 Å². The van der Waals surface area contributed by atoms with Crippen LogP contribution in [0.2, 0.25) is 4.34 Å². The van der Waals surface area contributed by atoms with Gasteiger partial charge in [0.1, 0.15) is 0 Å². The lowest BCUT2D eigenvalue weighted by atomic mass is 10.2. The molecule has 4 nitrogen and oxygen atoms in total. The van der Waals surface area contributed by atoms with Crippen LogP contribution in [0.1, 0.15) is 12.5 Å². The molecule has 0 aliphatic rings. The van der Waals surface area contributed by atoms with E-state index in [1.807, 2.05) is 12.1 Å². The molecular weight excluding hydrogens is 272 g/mol.